The SMILES string of the molecule is CCCNc1cc(OCc2ccccc2F)nc(SC)n1. The Morgan fingerprint density at radius 1 is 1.29 bits per heavy atom. The number of anilines is 1. The molecule has 2 rings (SSSR count). The van der Waals surface area contributed by atoms with Crippen molar-refractivity contribution in [1.82, 2.24) is 9.97 Å². The molecule has 6 heteroatoms. The lowest BCUT2D eigenvalue weighted by molar-refractivity contribution is 0.285. The Bertz CT molecular complexity index is 595. The first-order valence-corrected chi connectivity index (χ1v) is 7.98. The molecule has 1 aromatic heterocycles. The van der Waals surface area contributed by atoms with Crippen molar-refractivity contribution in [2.24, 2.45) is 0 Å². The number of nitrogens with one attached hydrogen (secondary N) is 1. The predicted molar refractivity (Wildman–Crippen MR) is 83.3 cm³/mol. The van der Waals surface area contributed by atoms with Crippen molar-refractivity contribution < 1.29 is 9.13 Å². The maximum absolute atomic E-state index is 13.6. The number of aromatic nitrogens is 2. The van der Waals surface area contributed by atoms with Gasteiger partial charge in [-0.15, -0.1) is 0 Å². The van der Waals surface area contributed by atoms with Crippen LogP contribution < -0.4 is 10.1 Å². The highest BCUT2D eigenvalue weighted by molar-refractivity contribution is 7.98. The third kappa shape index (κ3) is 4.60. The highest BCUT2D eigenvalue weighted by Gasteiger charge is 2.07. The second-order valence-electron chi connectivity index (χ2n) is 4.38. The predicted octanol–water partition coefficient (Wildman–Crippen LogP) is 3.74. The number of hydrogen-bond acceptors (Lipinski definition) is 5. The molecule has 4 nitrogen and oxygen atoms in total. The second kappa shape index (κ2) is 7.83. The summed E-state index contributed by atoms with van der Waals surface area (Å²) < 4.78 is 19.1. The van der Waals surface area contributed by atoms with Gasteiger partial charge in [-0.2, -0.15) is 4.98 Å². The van der Waals surface area contributed by atoms with Gasteiger partial charge in [-0.3, -0.25) is 0 Å². The fraction of sp³-hybridized carbons (Fsp3) is 0.333. The van der Waals surface area contributed by atoms with Crippen LogP contribution in [0.15, 0.2) is 35.5 Å². The highest BCUT2D eigenvalue weighted by atomic mass is 32.2. The maximum atomic E-state index is 13.6. The van der Waals surface area contributed by atoms with Crippen molar-refractivity contribution in [3.63, 3.8) is 0 Å². The minimum Gasteiger partial charge on any atom is -0.473 e. The monoisotopic (exact) mass is 307 g/mol. The van der Waals surface area contributed by atoms with Crippen LogP contribution >= 0.6 is 11.8 Å². The Kier molecular flexibility index (Phi) is 5.80. The summed E-state index contributed by atoms with van der Waals surface area (Å²) in [6.45, 7) is 3.06. The first-order valence-electron chi connectivity index (χ1n) is 6.76. The molecule has 0 saturated carbocycles. The molecule has 21 heavy (non-hydrogen) atoms. The summed E-state index contributed by atoms with van der Waals surface area (Å²) in [5.41, 5.74) is 0.505. The molecular weight excluding hydrogens is 289 g/mol. The smallest absolute Gasteiger partial charge is 0.219 e. The van der Waals surface area contributed by atoms with Crippen LogP contribution in [0.3, 0.4) is 0 Å². The summed E-state index contributed by atoms with van der Waals surface area (Å²) in [6.07, 6.45) is 2.91. The molecule has 112 valence electrons. The molecule has 0 amide bonds. The summed E-state index contributed by atoms with van der Waals surface area (Å²) in [7, 11) is 0. The lowest BCUT2D eigenvalue weighted by Crippen LogP contribution is -2.05. The van der Waals surface area contributed by atoms with E-state index >= 15 is 0 Å². The summed E-state index contributed by atoms with van der Waals surface area (Å²) in [6, 6.07) is 8.28. The molecule has 0 unspecified atom stereocenters. The second-order valence-corrected chi connectivity index (χ2v) is 5.16. The van der Waals surface area contributed by atoms with E-state index in [1.54, 1.807) is 24.3 Å². The van der Waals surface area contributed by atoms with Crippen molar-refractivity contribution >= 4 is 17.6 Å². The Morgan fingerprint density at radius 2 is 2.10 bits per heavy atom. The van der Waals surface area contributed by atoms with Crippen molar-refractivity contribution in [3.8, 4) is 5.88 Å². The summed E-state index contributed by atoms with van der Waals surface area (Å²) >= 11 is 1.44. The quantitative estimate of drug-likeness (QED) is 0.624. The van der Waals surface area contributed by atoms with Crippen LogP contribution in [0.2, 0.25) is 0 Å². The minimum absolute atomic E-state index is 0.144. The third-order valence-electron chi connectivity index (χ3n) is 2.75. The van der Waals surface area contributed by atoms with E-state index < -0.39 is 0 Å². The summed E-state index contributed by atoms with van der Waals surface area (Å²) in [4.78, 5) is 8.62. The van der Waals surface area contributed by atoms with E-state index in [2.05, 4.69) is 22.2 Å². The van der Waals surface area contributed by atoms with Crippen molar-refractivity contribution in [1.29, 1.82) is 0 Å². The number of nitrogens with zero attached hydrogens (tertiary/aromatic N) is 2. The standard InChI is InChI=1S/C15H18FN3OS/c1-3-8-17-13-9-14(19-15(18-13)21-2)20-10-11-6-4-5-7-12(11)16/h4-7,9H,3,8,10H2,1-2H3,(H,17,18,19). The lowest BCUT2D eigenvalue weighted by Gasteiger charge is -2.10. The molecule has 0 radical (unpaired) electrons. The topological polar surface area (TPSA) is 47.0 Å². The van der Waals surface area contributed by atoms with Gasteiger partial charge in [-0.05, 0) is 18.7 Å². The van der Waals surface area contributed by atoms with E-state index in [0.29, 0.717) is 16.6 Å². The zero-order chi connectivity index (χ0) is 15.1. The third-order valence-corrected chi connectivity index (χ3v) is 3.30. The number of ether oxygens (including phenoxy) is 1. The van der Waals surface area contributed by atoms with Gasteiger partial charge in [-0.25, -0.2) is 9.37 Å². The van der Waals surface area contributed by atoms with Gasteiger partial charge in [0.15, 0.2) is 5.16 Å². The van der Waals surface area contributed by atoms with Crippen molar-refractivity contribution in [3.05, 3.63) is 41.7 Å². The van der Waals surface area contributed by atoms with Gasteiger partial charge in [0.25, 0.3) is 0 Å². The van der Waals surface area contributed by atoms with Gasteiger partial charge in [0.05, 0.1) is 0 Å². The zero-order valence-corrected chi connectivity index (χ0v) is 12.9. The molecule has 0 bridgehead atoms. The molecule has 2 aromatic rings. The van der Waals surface area contributed by atoms with Crippen LogP contribution in [-0.2, 0) is 6.61 Å². The van der Waals surface area contributed by atoms with E-state index in [-0.39, 0.29) is 12.4 Å². The van der Waals surface area contributed by atoms with Gasteiger partial charge in [0, 0.05) is 18.2 Å². The molecule has 0 aliphatic rings. The molecule has 0 spiro atoms. The van der Waals surface area contributed by atoms with Crippen molar-refractivity contribution in [2.75, 3.05) is 18.1 Å². The van der Waals surface area contributed by atoms with Crippen LogP contribution in [0.1, 0.15) is 18.9 Å². The van der Waals surface area contributed by atoms with E-state index in [4.69, 9.17) is 4.74 Å². The number of benzene rings is 1. The van der Waals surface area contributed by atoms with Gasteiger partial charge < -0.3 is 10.1 Å². The van der Waals surface area contributed by atoms with Gasteiger partial charge in [-0.1, -0.05) is 36.9 Å². The van der Waals surface area contributed by atoms with Crippen LogP contribution in [-0.4, -0.2) is 22.8 Å². The maximum Gasteiger partial charge on any atom is 0.219 e. The average molecular weight is 307 g/mol. The van der Waals surface area contributed by atoms with Crippen LogP contribution in [0, 0.1) is 5.82 Å². The van der Waals surface area contributed by atoms with E-state index in [9.17, 15) is 4.39 Å². The molecule has 0 atom stereocenters. The molecule has 0 fully saturated rings. The number of thioether (sulfide) groups is 1. The largest absolute Gasteiger partial charge is 0.473 e. The number of halogens is 1. The molecule has 0 aliphatic heterocycles. The van der Waals surface area contributed by atoms with Crippen LogP contribution in [0.4, 0.5) is 10.2 Å². The summed E-state index contributed by atoms with van der Waals surface area (Å²) in [5.74, 6) is 0.886. The van der Waals surface area contributed by atoms with Crippen LogP contribution in [0.25, 0.3) is 0 Å². The average Bonchev–Trinajstić information content (AvgIpc) is 2.52. The number of rotatable bonds is 7. The molecular formula is C15H18FN3OS. The van der Waals surface area contributed by atoms with E-state index in [0.717, 1.165) is 18.8 Å². The molecule has 1 heterocycles. The fourth-order valence-corrected chi connectivity index (χ4v) is 2.05. The Morgan fingerprint density at radius 3 is 2.81 bits per heavy atom. The van der Waals surface area contributed by atoms with E-state index in [1.165, 1.54) is 17.8 Å². The van der Waals surface area contributed by atoms with Gasteiger partial charge in [0.2, 0.25) is 5.88 Å². The first-order chi connectivity index (χ1) is 10.2. The first kappa shape index (κ1) is 15.6. The molecule has 1 aromatic carbocycles. The summed E-state index contributed by atoms with van der Waals surface area (Å²) in [5, 5.41) is 3.83. The Labute approximate surface area is 128 Å². The minimum atomic E-state index is -0.277. The van der Waals surface area contributed by atoms with Crippen LogP contribution in [0.5, 0.6) is 5.88 Å². The van der Waals surface area contributed by atoms with Gasteiger partial charge in [0.1, 0.15) is 18.2 Å². The zero-order valence-electron chi connectivity index (χ0n) is 12.1. The highest BCUT2D eigenvalue weighted by Crippen LogP contribution is 2.20. The van der Waals surface area contributed by atoms with Gasteiger partial charge >= 0.3 is 0 Å². The Hall–Kier alpha value is -1.82. The van der Waals surface area contributed by atoms with E-state index in [1.807, 2.05) is 6.26 Å². The number of hydrogen-bond donors (Lipinski definition) is 1. The fourth-order valence-electron chi connectivity index (χ4n) is 1.68. The molecule has 1 N–H and O–H groups in total. The van der Waals surface area contributed by atoms with Crippen molar-refractivity contribution in [2.45, 2.75) is 25.1 Å². The Balaban J connectivity index is 2.09. The molecule has 0 saturated heterocycles. The normalized spacial score (nSPS) is 10.4. The lowest BCUT2D eigenvalue weighted by atomic mass is 10.2. The molecule has 0 aliphatic carbocycles.